The first-order valence-corrected chi connectivity index (χ1v) is 8.24. The standard InChI is InChI=1S/C17H22N4O4/c1-4-11-20(13-7-9-18-10-8-13)21-15(17(23)25-6-3)12-14(19-21)16(22)24-5-2/h7-10,12H,4-6,11H2,1-3H3. The molecule has 2 rings (SSSR count). The highest BCUT2D eigenvalue weighted by Crippen LogP contribution is 2.18. The Morgan fingerprint density at radius 2 is 1.72 bits per heavy atom. The predicted octanol–water partition coefficient (Wildman–Crippen LogP) is 2.31. The summed E-state index contributed by atoms with van der Waals surface area (Å²) in [4.78, 5) is 29.8. The Hall–Kier alpha value is -2.90. The second-order valence-electron chi connectivity index (χ2n) is 5.07. The maximum atomic E-state index is 12.3. The molecule has 0 aliphatic heterocycles. The Kier molecular flexibility index (Phi) is 6.50. The monoisotopic (exact) mass is 346 g/mol. The van der Waals surface area contributed by atoms with E-state index in [4.69, 9.17) is 9.47 Å². The third-order valence-electron chi connectivity index (χ3n) is 3.29. The van der Waals surface area contributed by atoms with Gasteiger partial charge in [0.1, 0.15) is 0 Å². The van der Waals surface area contributed by atoms with Crippen LogP contribution in [0.5, 0.6) is 0 Å². The van der Waals surface area contributed by atoms with Crippen molar-refractivity contribution < 1.29 is 19.1 Å². The van der Waals surface area contributed by atoms with Crippen LogP contribution >= 0.6 is 0 Å². The third-order valence-corrected chi connectivity index (χ3v) is 3.29. The molecule has 0 saturated carbocycles. The number of hydrogen-bond acceptors (Lipinski definition) is 7. The SMILES string of the molecule is CCCN(c1ccncc1)n1nc(C(=O)OCC)cc1C(=O)OCC. The lowest BCUT2D eigenvalue weighted by molar-refractivity contribution is 0.0506. The molecule has 0 aliphatic rings. The summed E-state index contributed by atoms with van der Waals surface area (Å²) in [6.45, 7) is 6.47. The normalized spacial score (nSPS) is 10.4. The maximum Gasteiger partial charge on any atom is 0.358 e. The van der Waals surface area contributed by atoms with Gasteiger partial charge in [-0.2, -0.15) is 4.79 Å². The lowest BCUT2D eigenvalue weighted by Gasteiger charge is -2.25. The molecule has 8 heteroatoms. The van der Waals surface area contributed by atoms with E-state index in [1.165, 1.54) is 10.9 Å². The summed E-state index contributed by atoms with van der Waals surface area (Å²) in [5.41, 5.74) is 1.01. The minimum Gasteiger partial charge on any atom is -0.461 e. The number of aromatic nitrogens is 3. The lowest BCUT2D eigenvalue weighted by Crippen LogP contribution is -2.34. The molecule has 0 aliphatic carbocycles. The molecular weight excluding hydrogens is 324 g/mol. The van der Waals surface area contributed by atoms with Crippen molar-refractivity contribution in [2.45, 2.75) is 27.2 Å². The van der Waals surface area contributed by atoms with Crippen LogP contribution in [0.25, 0.3) is 0 Å². The Labute approximate surface area is 146 Å². The van der Waals surface area contributed by atoms with Crippen LogP contribution in [-0.4, -0.2) is 46.6 Å². The van der Waals surface area contributed by atoms with Crippen molar-refractivity contribution in [3.8, 4) is 0 Å². The van der Waals surface area contributed by atoms with Gasteiger partial charge in [0.25, 0.3) is 0 Å². The average molecular weight is 346 g/mol. The molecule has 0 saturated heterocycles. The van der Waals surface area contributed by atoms with Crippen molar-refractivity contribution in [2.75, 3.05) is 24.8 Å². The van der Waals surface area contributed by atoms with Crippen LogP contribution in [0.4, 0.5) is 5.69 Å². The van der Waals surface area contributed by atoms with Crippen molar-refractivity contribution in [3.05, 3.63) is 42.0 Å². The minimum absolute atomic E-state index is 0.0556. The van der Waals surface area contributed by atoms with Gasteiger partial charge in [-0.05, 0) is 32.4 Å². The van der Waals surface area contributed by atoms with E-state index in [2.05, 4.69) is 10.1 Å². The van der Waals surface area contributed by atoms with E-state index in [-0.39, 0.29) is 24.6 Å². The first kappa shape index (κ1) is 18.4. The lowest BCUT2D eigenvalue weighted by atomic mass is 10.3. The van der Waals surface area contributed by atoms with Crippen LogP contribution in [0.3, 0.4) is 0 Å². The Morgan fingerprint density at radius 3 is 2.32 bits per heavy atom. The highest BCUT2D eigenvalue weighted by molar-refractivity contribution is 5.93. The van der Waals surface area contributed by atoms with E-state index >= 15 is 0 Å². The zero-order valence-electron chi connectivity index (χ0n) is 14.6. The summed E-state index contributed by atoms with van der Waals surface area (Å²) in [5.74, 6) is -1.14. The van der Waals surface area contributed by atoms with E-state index in [0.717, 1.165) is 12.1 Å². The van der Waals surface area contributed by atoms with Crippen molar-refractivity contribution in [1.82, 2.24) is 14.9 Å². The Balaban J connectivity index is 2.51. The van der Waals surface area contributed by atoms with Gasteiger partial charge in [-0.15, -0.1) is 5.10 Å². The van der Waals surface area contributed by atoms with Gasteiger partial charge in [-0.25, -0.2) is 9.59 Å². The third kappa shape index (κ3) is 4.34. The molecule has 0 spiro atoms. The molecule has 0 aromatic carbocycles. The maximum absolute atomic E-state index is 12.3. The van der Waals surface area contributed by atoms with Crippen LogP contribution in [0.2, 0.25) is 0 Å². The highest BCUT2D eigenvalue weighted by Gasteiger charge is 2.24. The molecule has 0 bridgehead atoms. The van der Waals surface area contributed by atoms with Crippen molar-refractivity contribution in [1.29, 1.82) is 0 Å². The average Bonchev–Trinajstić information content (AvgIpc) is 3.06. The van der Waals surface area contributed by atoms with Gasteiger partial charge < -0.3 is 9.47 Å². The summed E-state index contributed by atoms with van der Waals surface area (Å²) >= 11 is 0. The number of carbonyl (C=O) groups excluding carboxylic acids is 2. The van der Waals surface area contributed by atoms with Crippen molar-refractivity contribution in [2.24, 2.45) is 0 Å². The number of hydrogen-bond donors (Lipinski definition) is 0. The molecule has 2 heterocycles. The number of nitrogens with zero attached hydrogens (tertiary/aromatic N) is 4. The van der Waals surface area contributed by atoms with Crippen LogP contribution in [0.1, 0.15) is 48.2 Å². The predicted molar refractivity (Wildman–Crippen MR) is 91.4 cm³/mol. The smallest absolute Gasteiger partial charge is 0.358 e. The first-order valence-electron chi connectivity index (χ1n) is 8.24. The topological polar surface area (TPSA) is 86.5 Å². The summed E-state index contributed by atoms with van der Waals surface area (Å²) in [6, 6.07) is 4.99. The summed E-state index contributed by atoms with van der Waals surface area (Å²) in [7, 11) is 0. The summed E-state index contributed by atoms with van der Waals surface area (Å²) in [6.07, 6.45) is 4.11. The van der Waals surface area contributed by atoms with Crippen LogP contribution < -0.4 is 5.01 Å². The van der Waals surface area contributed by atoms with E-state index in [9.17, 15) is 9.59 Å². The fourth-order valence-corrected chi connectivity index (χ4v) is 2.27. The number of anilines is 1. The van der Waals surface area contributed by atoms with Crippen LogP contribution in [0, 0.1) is 0 Å². The number of rotatable bonds is 8. The quantitative estimate of drug-likeness (QED) is 0.678. The van der Waals surface area contributed by atoms with Gasteiger partial charge >= 0.3 is 11.9 Å². The molecule has 134 valence electrons. The van der Waals surface area contributed by atoms with Gasteiger partial charge in [-0.3, -0.25) is 9.99 Å². The zero-order chi connectivity index (χ0) is 18.2. The fourth-order valence-electron chi connectivity index (χ4n) is 2.27. The van der Waals surface area contributed by atoms with Crippen LogP contribution in [-0.2, 0) is 9.47 Å². The molecule has 8 nitrogen and oxygen atoms in total. The second kappa shape index (κ2) is 8.81. The van der Waals surface area contributed by atoms with Crippen molar-refractivity contribution >= 4 is 17.6 Å². The molecule has 0 unspecified atom stereocenters. The molecule has 2 aromatic rings. The number of carbonyl (C=O) groups is 2. The number of esters is 2. The first-order chi connectivity index (χ1) is 12.1. The zero-order valence-corrected chi connectivity index (χ0v) is 14.6. The van der Waals surface area contributed by atoms with Gasteiger partial charge in [-0.1, -0.05) is 6.92 Å². The Bertz CT molecular complexity index is 715. The molecule has 0 amide bonds. The van der Waals surface area contributed by atoms with E-state index < -0.39 is 11.9 Å². The summed E-state index contributed by atoms with van der Waals surface area (Å²) in [5, 5.41) is 6.06. The largest absolute Gasteiger partial charge is 0.461 e. The van der Waals surface area contributed by atoms with E-state index in [0.29, 0.717) is 6.54 Å². The van der Waals surface area contributed by atoms with Gasteiger partial charge in [0, 0.05) is 25.0 Å². The molecule has 0 radical (unpaired) electrons. The molecule has 0 fully saturated rings. The molecule has 0 N–H and O–H groups in total. The van der Waals surface area contributed by atoms with Gasteiger partial charge in [0.05, 0.1) is 18.9 Å². The van der Waals surface area contributed by atoms with E-state index in [1.54, 1.807) is 43.4 Å². The molecular formula is C17H22N4O4. The molecule has 0 atom stereocenters. The van der Waals surface area contributed by atoms with Crippen LogP contribution in [0.15, 0.2) is 30.6 Å². The van der Waals surface area contributed by atoms with Gasteiger partial charge in [0.15, 0.2) is 11.4 Å². The molecule has 2 aromatic heterocycles. The second-order valence-corrected chi connectivity index (χ2v) is 5.07. The van der Waals surface area contributed by atoms with Gasteiger partial charge in [0.2, 0.25) is 0 Å². The highest BCUT2D eigenvalue weighted by atomic mass is 16.5. The number of pyridine rings is 1. The van der Waals surface area contributed by atoms with E-state index in [1.807, 2.05) is 6.92 Å². The number of ether oxygens (including phenoxy) is 2. The minimum atomic E-state index is -0.585. The molecule has 25 heavy (non-hydrogen) atoms. The van der Waals surface area contributed by atoms with Crippen molar-refractivity contribution in [3.63, 3.8) is 0 Å². The summed E-state index contributed by atoms with van der Waals surface area (Å²) < 4.78 is 10.1. The Morgan fingerprint density at radius 1 is 1.08 bits per heavy atom. The fraction of sp³-hybridized carbons (Fsp3) is 0.412.